The van der Waals surface area contributed by atoms with Crippen LogP contribution in [0.25, 0.3) is 0 Å². The van der Waals surface area contributed by atoms with Gasteiger partial charge in [0.15, 0.2) is 6.29 Å². The number of aryl methyl sites for hydroxylation is 1. The molecule has 0 saturated carbocycles. The molecule has 100 valence electrons. The predicted molar refractivity (Wildman–Crippen MR) is 77.6 cm³/mol. The van der Waals surface area contributed by atoms with Gasteiger partial charge in [-0.15, -0.1) is 0 Å². The zero-order chi connectivity index (χ0) is 14.5. The molecule has 2 aromatic rings. The molecule has 0 aliphatic rings. The number of ether oxygens (including phenoxy) is 1. The Morgan fingerprint density at radius 2 is 2.30 bits per heavy atom. The zero-order valence-corrected chi connectivity index (χ0v) is 12.3. The van der Waals surface area contributed by atoms with Gasteiger partial charge in [-0.25, -0.2) is 4.98 Å². The number of nitriles is 1. The number of benzene rings is 1. The van der Waals surface area contributed by atoms with E-state index < -0.39 is 0 Å². The van der Waals surface area contributed by atoms with E-state index in [1.54, 1.807) is 24.4 Å². The van der Waals surface area contributed by atoms with E-state index in [-0.39, 0.29) is 6.61 Å². The van der Waals surface area contributed by atoms with Crippen LogP contribution in [0.5, 0.6) is 5.75 Å². The number of aromatic nitrogens is 1. The first-order valence-electron chi connectivity index (χ1n) is 5.88. The molecule has 0 aliphatic heterocycles. The van der Waals surface area contributed by atoms with Crippen LogP contribution in [0.2, 0.25) is 0 Å². The molecule has 0 atom stereocenters. The van der Waals surface area contributed by atoms with E-state index in [1.807, 2.05) is 19.1 Å². The van der Waals surface area contributed by atoms with Gasteiger partial charge >= 0.3 is 0 Å². The summed E-state index contributed by atoms with van der Waals surface area (Å²) in [5.41, 5.74) is 2.34. The molecule has 0 amide bonds. The Morgan fingerprint density at radius 1 is 1.50 bits per heavy atom. The van der Waals surface area contributed by atoms with Gasteiger partial charge in [0.25, 0.3) is 0 Å². The van der Waals surface area contributed by atoms with Crippen molar-refractivity contribution < 1.29 is 9.53 Å². The molecule has 5 heteroatoms. The van der Waals surface area contributed by atoms with E-state index in [2.05, 4.69) is 20.9 Å². The number of hydrogen-bond acceptors (Lipinski definition) is 4. The Kier molecular flexibility index (Phi) is 4.49. The molecular weight excluding hydrogens is 320 g/mol. The lowest BCUT2D eigenvalue weighted by atomic mass is 10.1. The minimum absolute atomic E-state index is 0.194. The number of carbonyl (C=O) groups is 1. The van der Waals surface area contributed by atoms with Crippen molar-refractivity contribution in [2.45, 2.75) is 13.5 Å². The summed E-state index contributed by atoms with van der Waals surface area (Å²) in [6.45, 7) is 2.06. The molecule has 0 spiro atoms. The van der Waals surface area contributed by atoms with Gasteiger partial charge < -0.3 is 4.74 Å². The number of carbonyl (C=O) groups excluding carboxylic acids is 1. The summed E-state index contributed by atoms with van der Waals surface area (Å²) in [7, 11) is 0. The normalized spacial score (nSPS) is 9.85. The third-order valence-corrected chi connectivity index (χ3v) is 3.22. The third kappa shape index (κ3) is 3.03. The first-order valence-corrected chi connectivity index (χ1v) is 6.67. The maximum atomic E-state index is 11.1. The highest BCUT2D eigenvalue weighted by Crippen LogP contribution is 2.27. The smallest absolute Gasteiger partial charge is 0.153 e. The van der Waals surface area contributed by atoms with Gasteiger partial charge in [-0.3, -0.25) is 4.79 Å². The molecule has 0 aliphatic carbocycles. The monoisotopic (exact) mass is 330 g/mol. The standard InChI is InChI=1S/C15H11BrN2O2/c1-10-5-13(16)6-12(8-19)15(10)20-9-11-3-2-4-18-14(11)7-17/h2-6,8H,9H2,1H3. The van der Waals surface area contributed by atoms with Crippen molar-refractivity contribution in [3.63, 3.8) is 0 Å². The van der Waals surface area contributed by atoms with Gasteiger partial charge in [0, 0.05) is 16.2 Å². The molecule has 1 heterocycles. The minimum atomic E-state index is 0.194. The largest absolute Gasteiger partial charge is 0.488 e. The molecule has 0 saturated heterocycles. The van der Waals surface area contributed by atoms with Crippen LogP contribution in [0.4, 0.5) is 0 Å². The van der Waals surface area contributed by atoms with Crippen LogP contribution in [0, 0.1) is 18.3 Å². The second-order valence-corrected chi connectivity index (χ2v) is 5.09. The highest BCUT2D eigenvalue weighted by Gasteiger charge is 2.10. The van der Waals surface area contributed by atoms with Crippen molar-refractivity contribution in [1.82, 2.24) is 4.98 Å². The van der Waals surface area contributed by atoms with Crippen LogP contribution >= 0.6 is 15.9 Å². The molecule has 1 aromatic heterocycles. The molecule has 0 N–H and O–H groups in total. The predicted octanol–water partition coefficient (Wildman–Crippen LogP) is 3.42. The molecule has 0 fully saturated rings. The number of halogens is 1. The molecule has 1 aromatic carbocycles. The topological polar surface area (TPSA) is 63.0 Å². The molecule has 2 rings (SSSR count). The fourth-order valence-electron chi connectivity index (χ4n) is 1.85. The first kappa shape index (κ1) is 14.2. The Hall–Kier alpha value is -2.19. The second kappa shape index (κ2) is 6.31. The summed E-state index contributed by atoms with van der Waals surface area (Å²) in [6, 6.07) is 9.11. The van der Waals surface area contributed by atoms with Crippen molar-refractivity contribution >= 4 is 22.2 Å². The van der Waals surface area contributed by atoms with Crippen LogP contribution in [-0.4, -0.2) is 11.3 Å². The van der Waals surface area contributed by atoms with Gasteiger partial charge in [-0.2, -0.15) is 5.26 Å². The first-order chi connectivity index (χ1) is 9.65. The number of aldehydes is 1. The summed E-state index contributed by atoms with van der Waals surface area (Å²) < 4.78 is 6.52. The maximum absolute atomic E-state index is 11.1. The minimum Gasteiger partial charge on any atom is -0.488 e. The number of nitrogens with zero attached hydrogens (tertiary/aromatic N) is 2. The van der Waals surface area contributed by atoms with Crippen LogP contribution < -0.4 is 4.74 Å². The number of pyridine rings is 1. The molecular formula is C15H11BrN2O2. The summed E-state index contributed by atoms with van der Waals surface area (Å²) in [4.78, 5) is 15.1. The third-order valence-electron chi connectivity index (χ3n) is 2.76. The fraction of sp³-hybridized carbons (Fsp3) is 0.133. The van der Waals surface area contributed by atoms with Gasteiger partial charge in [0.2, 0.25) is 0 Å². The molecule has 0 unspecified atom stereocenters. The number of rotatable bonds is 4. The quantitative estimate of drug-likeness (QED) is 0.806. The van der Waals surface area contributed by atoms with Crippen molar-refractivity contribution in [1.29, 1.82) is 5.26 Å². The van der Waals surface area contributed by atoms with E-state index >= 15 is 0 Å². The lowest BCUT2D eigenvalue weighted by Gasteiger charge is -2.12. The lowest BCUT2D eigenvalue weighted by molar-refractivity contribution is 0.111. The summed E-state index contributed by atoms with van der Waals surface area (Å²) in [5.74, 6) is 0.524. The molecule has 0 radical (unpaired) electrons. The van der Waals surface area contributed by atoms with Crippen molar-refractivity contribution in [2.24, 2.45) is 0 Å². The van der Waals surface area contributed by atoms with Crippen LogP contribution in [0.15, 0.2) is 34.9 Å². The van der Waals surface area contributed by atoms with Crippen molar-refractivity contribution in [2.75, 3.05) is 0 Å². The van der Waals surface area contributed by atoms with Gasteiger partial charge in [0.1, 0.15) is 24.1 Å². The van der Waals surface area contributed by atoms with E-state index in [1.165, 1.54) is 0 Å². The Labute approximate surface area is 125 Å². The Morgan fingerprint density at radius 3 is 3.00 bits per heavy atom. The zero-order valence-electron chi connectivity index (χ0n) is 10.8. The van der Waals surface area contributed by atoms with Crippen LogP contribution in [0.3, 0.4) is 0 Å². The van der Waals surface area contributed by atoms with Gasteiger partial charge in [-0.05, 0) is 30.7 Å². The van der Waals surface area contributed by atoms with Crippen molar-refractivity contribution in [3.8, 4) is 11.8 Å². The van der Waals surface area contributed by atoms with Crippen LogP contribution in [-0.2, 0) is 6.61 Å². The summed E-state index contributed by atoms with van der Waals surface area (Å²) in [5, 5.41) is 8.98. The Balaban J connectivity index is 2.28. The average Bonchev–Trinajstić information content (AvgIpc) is 2.45. The highest BCUT2D eigenvalue weighted by molar-refractivity contribution is 9.10. The molecule has 4 nitrogen and oxygen atoms in total. The summed E-state index contributed by atoms with van der Waals surface area (Å²) >= 11 is 3.34. The summed E-state index contributed by atoms with van der Waals surface area (Å²) in [6.07, 6.45) is 2.31. The fourth-order valence-corrected chi connectivity index (χ4v) is 2.44. The van der Waals surface area contributed by atoms with E-state index in [0.717, 1.165) is 16.3 Å². The molecule has 20 heavy (non-hydrogen) atoms. The van der Waals surface area contributed by atoms with E-state index in [0.29, 0.717) is 22.6 Å². The maximum Gasteiger partial charge on any atom is 0.153 e. The SMILES string of the molecule is Cc1cc(Br)cc(C=O)c1OCc1cccnc1C#N. The second-order valence-electron chi connectivity index (χ2n) is 4.17. The Bertz CT molecular complexity index is 693. The van der Waals surface area contributed by atoms with Crippen LogP contribution in [0.1, 0.15) is 27.2 Å². The van der Waals surface area contributed by atoms with E-state index in [9.17, 15) is 4.79 Å². The van der Waals surface area contributed by atoms with Gasteiger partial charge in [0.05, 0.1) is 5.56 Å². The average molecular weight is 331 g/mol. The molecule has 0 bridgehead atoms. The van der Waals surface area contributed by atoms with Crippen molar-refractivity contribution in [3.05, 3.63) is 57.3 Å². The van der Waals surface area contributed by atoms with E-state index in [4.69, 9.17) is 10.00 Å². The highest BCUT2D eigenvalue weighted by atomic mass is 79.9. The van der Waals surface area contributed by atoms with Gasteiger partial charge in [-0.1, -0.05) is 22.0 Å². The lowest BCUT2D eigenvalue weighted by Crippen LogP contribution is -2.03. The number of hydrogen-bond donors (Lipinski definition) is 0.